The fraction of sp³-hybridized carbons (Fsp3) is 0.533. The smallest absolute Gasteiger partial charge is 0.224 e. The lowest BCUT2D eigenvalue weighted by Gasteiger charge is -2.10. The van der Waals surface area contributed by atoms with E-state index in [-0.39, 0.29) is 5.91 Å². The van der Waals surface area contributed by atoms with Gasteiger partial charge in [0.1, 0.15) is 0 Å². The van der Waals surface area contributed by atoms with Crippen LogP contribution in [0.15, 0.2) is 23.1 Å². The second kappa shape index (κ2) is 8.86. The molecule has 0 aliphatic heterocycles. The zero-order valence-electron chi connectivity index (χ0n) is 11.9. The molecule has 0 aliphatic rings. The summed E-state index contributed by atoms with van der Waals surface area (Å²) in [4.78, 5) is 12.9. The van der Waals surface area contributed by atoms with Crippen molar-refractivity contribution in [3.8, 4) is 0 Å². The number of hydrogen-bond acceptors (Lipinski definition) is 3. The summed E-state index contributed by atoms with van der Waals surface area (Å²) >= 11 is 1.79. The molecule has 106 valence electrons. The van der Waals surface area contributed by atoms with E-state index in [0.29, 0.717) is 12.1 Å². The minimum atomic E-state index is 0.0535. The molecule has 0 heterocycles. The first kappa shape index (κ1) is 15.9. The van der Waals surface area contributed by atoms with Crippen molar-refractivity contribution in [3.63, 3.8) is 0 Å². The van der Waals surface area contributed by atoms with Gasteiger partial charge in [-0.3, -0.25) is 4.79 Å². The Hall–Kier alpha value is -1.16. The van der Waals surface area contributed by atoms with E-state index in [4.69, 9.17) is 5.73 Å². The van der Waals surface area contributed by atoms with Gasteiger partial charge in [-0.05, 0) is 36.8 Å². The van der Waals surface area contributed by atoms with Crippen LogP contribution in [-0.2, 0) is 4.79 Å². The third-order valence-electron chi connectivity index (χ3n) is 2.78. The fourth-order valence-electron chi connectivity index (χ4n) is 1.70. The average Bonchev–Trinajstić information content (AvgIpc) is 2.40. The normalized spacial score (nSPS) is 10.4. The van der Waals surface area contributed by atoms with Gasteiger partial charge in [0.05, 0.1) is 11.4 Å². The number of carbonyl (C=O) groups excluding carboxylic acids is 1. The first-order valence-corrected chi connectivity index (χ1v) is 7.98. The molecule has 0 aliphatic carbocycles. The van der Waals surface area contributed by atoms with Crippen LogP contribution in [0.4, 0.5) is 11.4 Å². The number of nitrogens with two attached hydrogens (primary N) is 1. The van der Waals surface area contributed by atoms with Crippen LogP contribution in [0.5, 0.6) is 0 Å². The molecule has 0 saturated carbocycles. The molecule has 1 aromatic rings. The highest BCUT2D eigenvalue weighted by Gasteiger charge is 2.06. The molecule has 0 atom stereocenters. The SMILES string of the molecule is CCCCCC(=O)Nc1cc(SCCC)ccc1N. The largest absolute Gasteiger partial charge is 0.397 e. The number of anilines is 2. The quantitative estimate of drug-likeness (QED) is 0.424. The molecule has 4 heteroatoms. The van der Waals surface area contributed by atoms with Gasteiger partial charge in [0.15, 0.2) is 0 Å². The molecule has 3 N–H and O–H groups in total. The summed E-state index contributed by atoms with van der Waals surface area (Å²) in [6.45, 7) is 4.28. The molecular formula is C15H24N2OS. The summed E-state index contributed by atoms with van der Waals surface area (Å²) in [6.07, 6.45) is 4.85. The highest BCUT2D eigenvalue weighted by atomic mass is 32.2. The highest BCUT2D eigenvalue weighted by Crippen LogP contribution is 2.27. The third-order valence-corrected chi connectivity index (χ3v) is 3.98. The van der Waals surface area contributed by atoms with Crippen molar-refractivity contribution in [2.75, 3.05) is 16.8 Å². The maximum Gasteiger partial charge on any atom is 0.224 e. The number of amides is 1. The van der Waals surface area contributed by atoms with E-state index in [2.05, 4.69) is 19.2 Å². The second-order valence-corrected chi connectivity index (χ2v) is 5.77. The Morgan fingerprint density at radius 3 is 2.74 bits per heavy atom. The molecule has 1 amide bonds. The predicted octanol–water partition coefficient (Wildman–Crippen LogP) is 4.29. The van der Waals surface area contributed by atoms with Crippen LogP contribution in [0.25, 0.3) is 0 Å². The lowest BCUT2D eigenvalue weighted by atomic mass is 10.2. The van der Waals surface area contributed by atoms with Gasteiger partial charge >= 0.3 is 0 Å². The van der Waals surface area contributed by atoms with Crippen LogP contribution in [0.3, 0.4) is 0 Å². The summed E-state index contributed by atoms with van der Waals surface area (Å²) in [5, 5.41) is 2.91. The minimum Gasteiger partial charge on any atom is -0.397 e. The van der Waals surface area contributed by atoms with Gasteiger partial charge in [0.2, 0.25) is 5.91 Å². The Morgan fingerprint density at radius 2 is 2.05 bits per heavy atom. The number of hydrogen-bond donors (Lipinski definition) is 2. The molecule has 1 aromatic carbocycles. The second-order valence-electron chi connectivity index (χ2n) is 4.60. The molecule has 0 fully saturated rings. The van der Waals surface area contributed by atoms with Gasteiger partial charge in [-0.1, -0.05) is 26.7 Å². The molecule has 0 unspecified atom stereocenters. The first-order chi connectivity index (χ1) is 9.17. The van der Waals surface area contributed by atoms with Crippen molar-refractivity contribution in [2.24, 2.45) is 0 Å². The Balaban J connectivity index is 2.58. The highest BCUT2D eigenvalue weighted by molar-refractivity contribution is 7.99. The van der Waals surface area contributed by atoms with Gasteiger partial charge in [0.25, 0.3) is 0 Å². The van der Waals surface area contributed by atoms with Crippen molar-refractivity contribution in [1.82, 2.24) is 0 Å². The summed E-state index contributed by atoms with van der Waals surface area (Å²) in [6, 6.07) is 5.83. The Morgan fingerprint density at radius 1 is 1.26 bits per heavy atom. The molecule has 19 heavy (non-hydrogen) atoms. The molecule has 0 bridgehead atoms. The summed E-state index contributed by atoms with van der Waals surface area (Å²) in [5.41, 5.74) is 7.27. The van der Waals surface area contributed by atoms with Gasteiger partial charge in [0, 0.05) is 11.3 Å². The van der Waals surface area contributed by atoms with Crippen molar-refractivity contribution < 1.29 is 4.79 Å². The van der Waals surface area contributed by atoms with E-state index >= 15 is 0 Å². The van der Waals surface area contributed by atoms with Gasteiger partial charge in [-0.2, -0.15) is 0 Å². The molecule has 0 radical (unpaired) electrons. The van der Waals surface area contributed by atoms with E-state index < -0.39 is 0 Å². The summed E-state index contributed by atoms with van der Waals surface area (Å²) in [7, 11) is 0. The number of nitrogens with one attached hydrogen (secondary N) is 1. The molecule has 0 spiro atoms. The standard InChI is InChI=1S/C15H24N2OS/c1-3-5-6-7-15(18)17-14-11-12(19-10-4-2)8-9-13(14)16/h8-9,11H,3-7,10,16H2,1-2H3,(H,17,18). The molecule has 1 rings (SSSR count). The molecule has 3 nitrogen and oxygen atoms in total. The van der Waals surface area contributed by atoms with Gasteiger partial charge in [-0.15, -0.1) is 11.8 Å². The maximum absolute atomic E-state index is 11.8. The van der Waals surface area contributed by atoms with E-state index in [9.17, 15) is 4.79 Å². The third kappa shape index (κ3) is 6.01. The van der Waals surface area contributed by atoms with Crippen LogP contribution in [0, 0.1) is 0 Å². The Labute approximate surface area is 120 Å². The van der Waals surface area contributed by atoms with Crippen LogP contribution >= 0.6 is 11.8 Å². The Bertz CT molecular complexity index is 407. The number of benzene rings is 1. The van der Waals surface area contributed by atoms with Crippen LogP contribution in [0.1, 0.15) is 46.0 Å². The lowest BCUT2D eigenvalue weighted by molar-refractivity contribution is -0.116. The Kier molecular flexibility index (Phi) is 7.41. The summed E-state index contributed by atoms with van der Waals surface area (Å²) in [5.74, 6) is 1.13. The summed E-state index contributed by atoms with van der Waals surface area (Å²) < 4.78 is 0. The number of rotatable bonds is 8. The predicted molar refractivity (Wildman–Crippen MR) is 84.6 cm³/mol. The fourth-order valence-corrected chi connectivity index (χ4v) is 2.51. The van der Waals surface area contributed by atoms with Crippen LogP contribution in [0.2, 0.25) is 0 Å². The van der Waals surface area contributed by atoms with Gasteiger partial charge in [-0.25, -0.2) is 0 Å². The number of carbonyl (C=O) groups is 1. The van der Waals surface area contributed by atoms with Gasteiger partial charge < -0.3 is 11.1 Å². The molecular weight excluding hydrogens is 256 g/mol. The maximum atomic E-state index is 11.8. The zero-order valence-corrected chi connectivity index (χ0v) is 12.7. The van der Waals surface area contributed by atoms with Crippen molar-refractivity contribution in [1.29, 1.82) is 0 Å². The van der Waals surface area contributed by atoms with E-state index in [1.807, 2.05) is 18.2 Å². The monoisotopic (exact) mass is 280 g/mol. The molecule has 0 saturated heterocycles. The van der Waals surface area contributed by atoms with Crippen LogP contribution < -0.4 is 11.1 Å². The van der Waals surface area contributed by atoms with E-state index in [1.54, 1.807) is 11.8 Å². The topological polar surface area (TPSA) is 55.1 Å². The number of unbranched alkanes of at least 4 members (excludes halogenated alkanes) is 2. The first-order valence-electron chi connectivity index (χ1n) is 6.99. The van der Waals surface area contributed by atoms with E-state index in [1.165, 1.54) is 0 Å². The number of thioether (sulfide) groups is 1. The zero-order chi connectivity index (χ0) is 14.1. The van der Waals surface area contributed by atoms with Crippen molar-refractivity contribution >= 4 is 29.0 Å². The van der Waals surface area contributed by atoms with Crippen molar-refractivity contribution in [3.05, 3.63) is 18.2 Å². The minimum absolute atomic E-state index is 0.0535. The van der Waals surface area contributed by atoms with E-state index in [0.717, 1.165) is 42.0 Å². The molecule has 0 aromatic heterocycles. The number of nitrogen functional groups attached to an aromatic ring is 1. The lowest BCUT2D eigenvalue weighted by Crippen LogP contribution is -2.12. The van der Waals surface area contributed by atoms with Crippen LogP contribution in [-0.4, -0.2) is 11.7 Å². The average molecular weight is 280 g/mol. The van der Waals surface area contributed by atoms with Crippen molar-refractivity contribution in [2.45, 2.75) is 50.8 Å².